The Bertz CT molecular complexity index is 482. The largest absolute Gasteiger partial charge is 0.489 e. The van der Waals surface area contributed by atoms with Crippen molar-refractivity contribution >= 4 is 11.6 Å². The van der Waals surface area contributed by atoms with E-state index in [1.165, 1.54) is 0 Å². The average Bonchev–Trinajstić information content (AvgIpc) is 2.49. The number of amides is 1. The van der Waals surface area contributed by atoms with Gasteiger partial charge >= 0.3 is 0 Å². The molecule has 0 radical (unpaired) electrons. The molecule has 0 aliphatic carbocycles. The van der Waals surface area contributed by atoms with E-state index in [9.17, 15) is 4.79 Å². The minimum Gasteiger partial charge on any atom is -0.489 e. The van der Waals surface area contributed by atoms with Gasteiger partial charge < -0.3 is 20.5 Å². The Kier molecular flexibility index (Phi) is 5.20. The Morgan fingerprint density at radius 1 is 1.38 bits per heavy atom. The lowest BCUT2D eigenvalue weighted by molar-refractivity contribution is -0.130. The minimum atomic E-state index is -0.538. The van der Waals surface area contributed by atoms with Gasteiger partial charge in [-0.1, -0.05) is 12.1 Å². The third-order valence-corrected chi connectivity index (χ3v) is 3.82. The fraction of sp³-hybridized carbons (Fsp3) is 0.562. The topological polar surface area (TPSA) is 73.6 Å². The summed E-state index contributed by atoms with van der Waals surface area (Å²) in [6.45, 7) is 5.40. The first-order valence-corrected chi connectivity index (χ1v) is 7.42. The highest BCUT2D eigenvalue weighted by Crippen LogP contribution is 2.33. The molecule has 116 valence electrons. The van der Waals surface area contributed by atoms with E-state index >= 15 is 0 Å². The van der Waals surface area contributed by atoms with E-state index in [1.54, 1.807) is 0 Å². The molecule has 1 aliphatic heterocycles. The maximum atomic E-state index is 12.7. The molecule has 0 unspecified atom stereocenters. The normalized spacial score (nSPS) is 17.5. The van der Waals surface area contributed by atoms with Gasteiger partial charge in [-0.3, -0.25) is 4.79 Å². The summed E-state index contributed by atoms with van der Waals surface area (Å²) in [6, 6.07) is 7.47. The van der Waals surface area contributed by atoms with Crippen molar-refractivity contribution in [2.45, 2.75) is 32.8 Å². The lowest BCUT2D eigenvalue weighted by Crippen LogP contribution is -2.46. The highest BCUT2D eigenvalue weighted by molar-refractivity contribution is 5.96. The molecular formula is C16H24N2O3. The van der Waals surface area contributed by atoms with Crippen molar-refractivity contribution in [1.29, 1.82) is 0 Å². The first kappa shape index (κ1) is 15.8. The number of para-hydroxylation sites is 2. The standard InChI is InChI=1S/C16H24N2O3/c1-12(2)21-14-6-4-3-5-13(14)18-15(19)16(11-17)7-9-20-10-8-16/h3-6,12H,7-11,17H2,1-2H3,(H,18,19). The fourth-order valence-corrected chi connectivity index (χ4v) is 2.47. The van der Waals surface area contributed by atoms with E-state index in [0.717, 1.165) is 0 Å². The zero-order valence-electron chi connectivity index (χ0n) is 12.7. The molecule has 0 atom stereocenters. The van der Waals surface area contributed by atoms with Crippen LogP contribution in [0.25, 0.3) is 0 Å². The zero-order valence-corrected chi connectivity index (χ0v) is 12.7. The molecule has 0 saturated carbocycles. The second kappa shape index (κ2) is 6.91. The summed E-state index contributed by atoms with van der Waals surface area (Å²) in [6.07, 6.45) is 1.36. The van der Waals surface area contributed by atoms with E-state index in [1.807, 2.05) is 38.1 Å². The minimum absolute atomic E-state index is 0.0480. The van der Waals surface area contributed by atoms with Gasteiger partial charge in [-0.2, -0.15) is 0 Å². The average molecular weight is 292 g/mol. The second-order valence-corrected chi connectivity index (χ2v) is 5.71. The number of hydrogen-bond acceptors (Lipinski definition) is 4. The summed E-state index contributed by atoms with van der Waals surface area (Å²) in [5.74, 6) is 0.633. The zero-order chi connectivity index (χ0) is 15.3. The van der Waals surface area contributed by atoms with Crippen LogP contribution in [0.15, 0.2) is 24.3 Å². The molecule has 1 aliphatic rings. The third-order valence-electron chi connectivity index (χ3n) is 3.82. The summed E-state index contributed by atoms with van der Waals surface area (Å²) in [4.78, 5) is 12.7. The molecule has 5 nitrogen and oxygen atoms in total. The Labute approximate surface area is 125 Å². The number of nitrogens with one attached hydrogen (secondary N) is 1. The lowest BCUT2D eigenvalue weighted by Gasteiger charge is -2.34. The van der Waals surface area contributed by atoms with E-state index < -0.39 is 5.41 Å². The summed E-state index contributed by atoms with van der Waals surface area (Å²) < 4.78 is 11.1. The van der Waals surface area contributed by atoms with E-state index in [0.29, 0.717) is 44.0 Å². The number of nitrogens with two attached hydrogens (primary N) is 1. The van der Waals surface area contributed by atoms with Crippen LogP contribution >= 0.6 is 0 Å². The van der Waals surface area contributed by atoms with E-state index in [2.05, 4.69) is 5.32 Å². The van der Waals surface area contributed by atoms with Crippen LogP contribution in [0, 0.1) is 5.41 Å². The highest BCUT2D eigenvalue weighted by Gasteiger charge is 2.39. The SMILES string of the molecule is CC(C)Oc1ccccc1NC(=O)C1(CN)CCOCC1. The van der Waals surface area contributed by atoms with Crippen LogP contribution in [-0.2, 0) is 9.53 Å². The van der Waals surface area contributed by atoms with Crippen LogP contribution in [-0.4, -0.2) is 31.8 Å². The molecule has 0 spiro atoms. The number of carbonyl (C=O) groups excluding carboxylic acids is 1. The van der Waals surface area contributed by atoms with Crippen LogP contribution < -0.4 is 15.8 Å². The third kappa shape index (κ3) is 3.74. The predicted octanol–water partition coefficient (Wildman–Crippen LogP) is 2.17. The monoisotopic (exact) mass is 292 g/mol. The molecular weight excluding hydrogens is 268 g/mol. The van der Waals surface area contributed by atoms with Crippen molar-refractivity contribution in [1.82, 2.24) is 0 Å². The maximum absolute atomic E-state index is 12.7. The van der Waals surface area contributed by atoms with Crippen molar-refractivity contribution in [3.8, 4) is 5.75 Å². The summed E-state index contributed by atoms with van der Waals surface area (Å²) in [5, 5.41) is 2.98. The van der Waals surface area contributed by atoms with Crippen LogP contribution in [0.3, 0.4) is 0 Å². The lowest BCUT2D eigenvalue weighted by atomic mass is 9.79. The van der Waals surface area contributed by atoms with E-state index in [-0.39, 0.29) is 12.0 Å². The van der Waals surface area contributed by atoms with Crippen LogP contribution in [0.1, 0.15) is 26.7 Å². The number of carbonyl (C=O) groups is 1. The highest BCUT2D eigenvalue weighted by atomic mass is 16.5. The Morgan fingerprint density at radius 2 is 2.05 bits per heavy atom. The summed E-state index contributed by atoms with van der Waals surface area (Å²) in [7, 11) is 0. The molecule has 1 aromatic rings. The van der Waals surface area contributed by atoms with Crippen LogP contribution in [0.5, 0.6) is 5.75 Å². The van der Waals surface area contributed by atoms with Crippen molar-refractivity contribution in [3.05, 3.63) is 24.3 Å². The van der Waals surface area contributed by atoms with Gasteiger partial charge in [0.1, 0.15) is 5.75 Å². The van der Waals surface area contributed by atoms with Gasteiger partial charge in [0.25, 0.3) is 0 Å². The van der Waals surface area contributed by atoms with Crippen molar-refractivity contribution in [3.63, 3.8) is 0 Å². The van der Waals surface area contributed by atoms with Gasteiger partial charge in [-0.25, -0.2) is 0 Å². The summed E-state index contributed by atoms with van der Waals surface area (Å²) >= 11 is 0. The number of anilines is 1. The maximum Gasteiger partial charge on any atom is 0.232 e. The second-order valence-electron chi connectivity index (χ2n) is 5.71. The predicted molar refractivity (Wildman–Crippen MR) is 82.4 cm³/mol. The Balaban J connectivity index is 2.15. The number of hydrogen-bond donors (Lipinski definition) is 2. The number of benzene rings is 1. The van der Waals surface area contributed by atoms with Gasteiger partial charge in [-0.15, -0.1) is 0 Å². The van der Waals surface area contributed by atoms with Gasteiger partial charge in [0, 0.05) is 19.8 Å². The summed E-state index contributed by atoms with van der Waals surface area (Å²) in [5.41, 5.74) is 6.02. The molecule has 21 heavy (non-hydrogen) atoms. The van der Waals surface area contributed by atoms with Crippen molar-refractivity contribution in [2.75, 3.05) is 25.1 Å². The smallest absolute Gasteiger partial charge is 0.232 e. The van der Waals surface area contributed by atoms with Crippen molar-refractivity contribution < 1.29 is 14.3 Å². The molecule has 1 fully saturated rings. The molecule has 3 N–H and O–H groups in total. The molecule has 1 aromatic carbocycles. The fourth-order valence-electron chi connectivity index (χ4n) is 2.47. The first-order valence-electron chi connectivity index (χ1n) is 7.42. The molecule has 1 saturated heterocycles. The molecule has 2 rings (SSSR count). The molecule has 0 aromatic heterocycles. The Morgan fingerprint density at radius 3 is 2.67 bits per heavy atom. The molecule has 0 bridgehead atoms. The number of ether oxygens (including phenoxy) is 2. The van der Waals surface area contributed by atoms with Crippen LogP contribution in [0.4, 0.5) is 5.69 Å². The van der Waals surface area contributed by atoms with Gasteiger partial charge in [0.2, 0.25) is 5.91 Å². The van der Waals surface area contributed by atoms with Gasteiger partial charge in [-0.05, 0) is 38.8 Å². The first-order chi connectivity index (χ1) is 10.1. The van der Waals surface area contributed by atoms with Gasteiger partial charge in [0.15, 0.2) is 0 Å². The van der Waals surface area contributed by atoms with E-state index in [4.69, 9.17) is 15.2 Å². The molecule has 1 amide bonds. The van der Waals surface area contributed by atoms with Crippen LogP contribution in [0.2, 0.25) is 0 Å². The molecule has 1 heterocycles. The quantitative estimate of drug-likeness (QED) is 0.872. The Hall–Kier alpha value is -1.59. The van der Waals surface area contributed by atoms with Gasteiger partial charge in [0.05, 0.1) is 17.2 Å². The number of rotatable bonds is 5. The van der Waals surface area contributed by atoms with Crippen molar-refractivity contribution in [2.24, 2.45) is 11.1 Å². The molecule has 5 heteroatoms.